The van der Waals surface area contributed by atoms with E-state index in [0.29, 0.717) is 16.3 Å². The molecule has 0 spiro atoms. The zero-order chi connectivity index (χ0) is 23.5. The summed E-state index contributed by atoms with van der Waals surface area (Å²) in [5.74, 6) is -1.43. The number of carbonyl (C=O) groups excluding carboxylic acids is 1. The Morgan fingerprint density at radius 3 is 2.45 bits per heavy atom. The van der Waals surface area contributed by atoms with Crippen molar-refractivity contribution in [1.29, 1.82) is 0 Å². The van der Waals surface area contributed by atoms with E-state index in [0.717, 1.165) is 20.9 Å². The molecule has 4 aromatic rings. The van der Waals surface area contributed by atoms with Gasteiger partial charge in [0.05, 0.1) is 12.2 Å². The number of halogens is 2. The second kappa shape index (κ2) is 9.22. The van der Waals surface area contributed by atoms with E-state index in [9.17, 15) is 18.8 Å². The van der Waals surface area contributed by atoms with Crippen LogP contribution in [0.4, 0.5) is 10.1 Å². The van der Waals surface area contributed by atoms with E-state index in [2.05, 4.69) is 10.4 Å². The predicted octanol–water partition coefficient (Wildman–Crippen LogP) is 3.80. The Balaban J connectivity index is 1.86. The molecule has 33 heavy (non-hydrogen) atoms. The van der Waals surface area contributed by atoms with Crippen LogP contribution >= 0.6 is 11.6 Å². The Hall–Kier alpha value is -4.04. The summed E-state index contributed by atoms with van der Waals surface area (Å²) in [7, 11) is 0. The van der Waals surface area contributed by atoms with Crippen LogP contribution in [-0.4, -0.2) is 20.3 Å². The maximum absolute atomic E-state index is 13.5. The van der Waals surface area contributed by atoms with Crippen molar-refractivity contribution in [3.8, 4) is 5.69 Å². The van der Waals surface area contributed by atoms with Crippen molar-refractivity contribution >= 4 is 23.2 Å². The Labute approximate surface area is 192 Å². The van der Waals surface area contributed by atoms with Gasteiger partial charge in [0.15, 0.2) is 0 Å². The lowest BCUT2D eigenvalue weighted by Gasteiger charge is -2.13. The molecule has 0 aliphatic rings. The van der Waals surface area contributed by atoms with Gasteiger partial charge in [0.2, 0.25) is 5.69 Å². The molecule has 0 unspecified atom stereocenters. The lowest BCUT2D eigenvalue weighted by atomic mass is 10.2. The van der Waals surface area contributed by atoms with Crippen LogP contribution in [0.15, 0.2) is 82.4 Å². The first-order valence-corrected chi connectivity index (χ1v) is 10.3. The monoisotopic (exact) mass is 464 g/mol. The molecule has 1 heterocycles. The quantitative estimate of drug-likeness (QED) is 0.487. The van der Waals surface area contributed by atoms with Crippen molar-refractivity contribution in [3.05, 3.63) is 121 Å². The minimum atomic E-state index is -0.891. The third-order valence-electron chi connectivity index (χ3n) is 4.92. The minimum Gasteiger partial charge on any atom is -0.320 e. The summed E-state index contributed by atoms with van der Waals surface area (Å²) in [6, 6.07) is 18.9. The molecule has 1 N–H and O–H groups in total. The maximum atomic E-state index is 13.5. The summed E-state index contributed by atoms with van der Waals surface area (Å²) < 4.78 is 15.4. The number of benzene rings is 3. The summed E-state index contributed by atoms with van der Waals surface area (Å²) in [5.41, 5.74) is -0.142. The highest BCUT2D eigenvalue weighted by Crippen LogP contribution is 2.15. The van der Waals surface area contributed by atoms with E-state index >= 15 is 0 Å². The number of aryl methyl sites for hydroxylation is 1. The number of amides is 1. The van der Waals surface area contributed by atoms with Gasteiger partial charge in [-0.3, -0.25) is 14.2 Å². The van der Waals surface area contributed by atoms with Crippen LogP contribution < -0.4 is 16.6 Å². The Kier molecular flexibility index (Phi) is 6.19. The van der Waals surface area contributed by atoms with Gasteiger partial charge in [0.25, 0.3) is 11.5 Å². The van der Waals surface area contributed by atoms with Gasteiger partial charge in [0.1, 0.15) is 5.82 Å². The van der Waals surface area contributed by atoms with Gasteiger partial charge in [-0.2, -0.15) is 9.78 Å². The van der Waals surface area contributed by atoms with E-state index in [4.69, 9.17) is 11.6 Å². The van der Waals surface area contributed by atoms with Crippen LogP contribution in [-0.2, 0) is 6.54 Å². The molecule has 0 fully saturated rings. The average Bonchev–Trinajstić information content (AvgIpc) is 2.78. The van der Waals surface area contributed by atoms with E-state index in [1.54, 1.807) is 48.5 Å². The fraction of sp³-hybridized carbons (Fsp3) is 0.0833. The van der Waals surface area contributed by atoms with Gasteiger partial charge < -0.3 is 5.32 Å². The van der Waals surface area contributed by atoms with Gasteiger partial charge in [-0.25, -0.2) is 9.18 Å². The number of aromatic nitrogens is 3. The van der Waals surface area contributed by atoms with Gasteiger partial charge in [-0.05, 0) is 48.9 Å². The van der Waals surface area contributed by atoms with E-state index in [1.807, 2.05) is 6.92 Å². The third kappa shape index (κ3) is 4.75. The topological polar surface area (TPSA) is 86.0 Å². The Morgan fingerprint density at radius 1 is 1.03 bits per heavy atom. The number of hydrogen-bond acceptors (Lipinski definition) is 4. The number of anilines is 1. The molecule has 1 amide bonds. The van der Waals surface area contributed by atoms with Crippen molar-refractivity contribution in [1.82, 2.24) is 14.3 Å². The maximum Gasteiger partial charge on any atom is 0.352 e. The number of hydrogen-bond donors (Lipinski definition) is 1. The Bertz CT molecular complexity index is 1460. The molecule has 0 aliphatic heterocycles. The van der Waals surface area contributed by atoms with Crippen molar-refractivity contribution in [2.75, 3.05) is 5.32 Å². The molecule has 0 saturated heterocycles. The molecule has 0 atom stereocenters. The summed E-state index contributed by atoms with van der Waals surface area (Å²) in [6.45, 7) is 1.72. The first kappa shape index (κ1) is 22.2. The largest absolute Gasteiger partial charge is 0.352 e. The summed E-state index contributed by atoms with van der Waals surface area (Å²) in [5, 5.41) is 6.87. The second-order valence-electron chi connectivity index (χ2n) is 7.33. The number of nitrogens with zero attached hydrogens (tertiary/aromatic N) is 3. The zero-order valence-electron chi connectivity index (χ0n) is 17.5. The predicted molar refractivity (Wildman–Crippen MR) is 124 cm³/mol. The molecule has 0 saturated carbocycles. The molecule has 7 nitrogen and oxygen atoms in total. The van der Waals surface area contributed by atoms with Crippen molar-refractivity contribution in [2.24, 2.45) is 0 Å². The van der Waals surface area contributed by atoms with E-state index in [-0.39, 0.29) is 12.2 Å². The second-order valence-corrected chi connectivity index (χ2v) is 7.73. The average molecular weight is 465 g/mol. The normalized spacial score (nSPS) is 10.8. The van der Waals surface area contributed by atoms with Crippen LogP contribution in [0, 0.1) is 12.7 Å². The fourth-order valence-electron chi connectivity index (χ4n) is 3.20. The van der Waals surface area contributed by atoms with Crippen LogP contribution in [0.25, 0.3) is 5.69 Å². The number of nitrogens with one attached hydrogen (secondary N) is 1. The molecule has 3 aromatic carbocycles. The third-order valence-corrected chi connectivity index (χ3v) is 5.29. The lowest BCUT2D eigenvalue weighted by Crippen LogP contribution is -2.45. The first-order chi connectivity index (χ1) is 15.8. The van der Waals surface area contributed by atoms with Crippen molar-refractivity contribution < 1.29 is 9.18 Å². The highest BCUT2D eigenvalue weighted by Gasteiger charge is 2.21. The van der Waals surface area contributed by atoms with Crippen LogP contribution in [0.5, 0.6) is 0 Å². The SMILES string of the molecule is Cc1ccc(-n2nc(C(=O)Nc3cccc(F)c3)c(=O)n(Cc3ccccc3Cl)c2=O)cc1. The first-order valence-electron chi connectivity index (χ1n) is 9.95. The molecule has 0 radical (unpaired) electrons. The summed E-state index contributed by atoms with van der Waals surface area (Å²) >= 11 is 6.22. The van der Waals surface area contributed by atoms with Crippen molar-refractivity contribution in [2.45, 2.75) is 13.5 Å². The number of rotatable bonds is 5. The molecule has 0 aliphatic carbocycles. The van der Waals surface area contributed by atoms with Crippen LogP contribution in [0.2, 0.25) is 5.02 Å². The summed E-state index contributed by atoms with van der Waals surface area (Å²) in [4.78, 5) is 39.3. The smallest absolute Gasteiger partial charge is 0.320 e. The Morgan fingerprint density at radius 2 is 1.76 bits per heavy atom. The fourth-order valence-corrected chi connectivity index (χ4v) is 3.40. The van der Waals surface area contributed by atoms with Crippen molar-refractivity contribution in [3.63, 3.8) is 0 Å². The van der Waals surface area contributed by atoms with Gasteiger partial charge in [-0.1, -0.05) is 53.6 Å². The number of carbonyl (C=O) groups is 1. The standard InChI is InChI=1S/C24H18ClFN4O3/c1-15-9-11-19(12-10-15)30-24(33)29(14-16-5-2-3-8-20(16)25)23(32)21(28-30)22(31)27-18-7-4-6-17(26)13-18/h2-13H,14H2,1H3,(H,27,31). The van der Waals surface area contributed by atoms with Gasteiger partial charge >= 0.3 is 5.69 Å². The zero-order valence-corrected chi connectivity index (χ0v) is 18.2. The molecule has 166 valence electrons. The summed E-state index contributed by atoms with van der Waals surface area (Å²) in [6.07, 6.45) is 0. The van der Waals surface area contributed by atoms with Crippen LogP contribution in [0.1, 0.15) is 21.6 Å². The minimum absolute atomic E-state index is 0.145. The van der Waals surface area contributed by atoms with Crippen LogP contribution in [0.3, 0.4) is 0 Å². The molecular weight excluding hydrogens is 447 g/mol. The molecular formula is C24H18ClFN4O3. The lowest BCUT2D eigenvalue weighted by molar-refractivity contribution is 0.101. The molecule has 1 aromatic heterocycles. The highest BCUT2D eigenvalue weighted by atomic mass is 35.5. The van der Waals surface area contributed by atoms with E-state index in [1.165, 1.54) is 18.2 Å². The van der Waals surface area contributed by atoms with Gasteiger partial charge in [0, 0.05) is 10.7 Å². The molecule has 9 heteroatoms. The molecule has 4 rings (SSSR count). The van der Waals surface area contributed by atoms with Gasteiger partial charge in [-0.15, -0.1) is 0 Å². The van der Waals surface area contributed by atoms with E-state index < -0.39 is 28.7 Å². The molecule has 0 bridgehead atoms. The highest BCUT2D eigenvalue weighted by molar-refractivity contribution is 6.31.